The number of imidazole rings is 1. The Hall–Kier alpha value is -2.82. The number of para-hydroxylation sites is 2. The molecule has 0 saturated carbocycles. The van der Waals surface area contributed by atoms with E-state index in [2.05, 4.69) is 41.1 Å². The van der Waals surface area contributed by atoms with E-state index in [9.17, 15) is 4.79 Å². The third-order valence-corrected chi connectivity index (χ3v) is 5.68. The molecule has 1 amide bonds. The van der Waals surface area contributed by atoms with Crippen LogP contribution in [0.4, 0.5) is 0 Å². The van der Waals surface area contributed by atoms with Crippen LogP contribution in [0, 0.1) is 0 Å². The Morgan fingerprint density at radius 3 is 2.52 bits per heavy atom. The van der Waals surface area contributed by atoms with Crippen molar-refractivity contribution in [2.75, 3.05) is 13.7 Å². The Balaban J connectivity index is 1.44. The summed E-state index contributed by atoms with van der Waals surface area (Å²) in [6.07, 6.45) is 9.14. The van der Waals surface area contributed by atoms with E-state index < -0.39 is 0 Å². The van der Waals surface area contributed by atoms with Gasteiger partial charge >= 0.3 is 0 Å². The summed E-state index contributed by atoms with van der Waals surface area (Å²) in [6.45, 7) is 3.99. The molecule has 0 saturated heterocycles. The minimum atomic E-state index is -0.0310. The number of nitrogens with zero attached hydrogens (tertiary/aromatic N) is 2. The van der Waals surface area contributed by atoms with Crippen LogP contribution in [0.3, 0.4) is 0 Å². The second kappa shape index (κ2) is 12.1. The number of rotatable bonds is 13. The predicted octanol–water partition coefficient (Wildman–Crippen LogP) is 5.77. The van der Waals surface area contributed by atoms with Crippen LogP contribution in [0.5, 0.6) is 5.75 Å². The summed E-state index contributed by atoms with van der Waals surface area (Å²) in [7, 11) is 1.62. The number of unbranched alkanes of at least 4 members (excludes halogenated alkanes) is 5. The topological polar surface area (TPSA) is 56.2 Å². The third kappa shape index (κ3) is 6.58. The fraction of sp³-hybridized carbons (Fsp3) is 0.462. The van der Waals surface area contributed by atoms with Crippen molar-refractivity contribution < 1.29 is 9.53 Å². The zero-order valence-corrected chi connectivity index (χ0v) is 18.9. The van der Waals surface area contributed by atoms with Gasteiger partial charge < -0.3 is 14.6 Å². The monoisotopic (exact) mass is 421 g/mol. The standard InChI is InChI=1S/C26H35N3O2/c1-3-4-5-11-20-29-24-13-9-8-12-23(24)28-25(29)14-7-6-10-19-27-26(30)21-15-17-22(31-2)18-16-21/h8-9,12-13,15-18H,3-7,10-11,14,19-20H2,1-2H3,(H,27,30). The molecule has 0 bridgehead atoms. The normalized spacial score (nSPS) is 11.0. The molecule has 1 N–H and O–H groups in total. The van der Waals surface area contributed by atoms with Crippen LogP contribution in [0.15, 0.2) is 48.5 Å². The van der Waals surface area contributed by atoms with Crippen molar-refractivity contribution in [3.05, 3.63) is 59.9 Å². The lowest BCUT2D eigenvalue weighted by atomic mass is 10.1. The highest BCUT2D eigenvalue weighted by Crippen LogP contribution is 2.19. The van der Waals surface area contributed by atoms with Crippen LogP contribution in [0.1, 0.15) is 68.1 Å². The van der Waals surface area contributed by atoms with E-state index in [1.165, 1.54) is 37.0 Å². The number of benzene rings is 2. The molecule has 0 aliphatic rings. The summed E-state index contributed by atoms with van der Waals surface area (Å²) >= 11 is 0. The molecule has 3 aromatic rings. The molecule has 0 aliphatic heterocycles. The molecule has 5 heteroatoms. The van der Waals surface area contributed by atoms with Crippen LogP contribution in [0.25, 0.3) is 11.0 Å². The first-order chi connectivity index (χ1) is 15.2. The number of carbonyl (C=O) groups is 1. The smallest absolute Gasteiger partial charge is 0.251 e. The van der Waals surface area contributed by atoms with Crippen LogP contribution < -0.4 is 10.1 Å². The first-order valence-corrected chi connectivity index (χ1v) is 11.6. The Labute approximate surface area is 185 Å². The van der Waals surface area contributed by atoms with E-state index >= 15 is 0 Å². The van der Waals surface area contributed by atoms with E-state index in [0.717, 1.165) is 43.5 Å². The summed E-state index contributed by atoms with van der Waals surface area (Å²) in [6, 6.07) is 15.6. The van der Waals surface area contributed by atoms with Gasteiger partial charge in [-0.05, 0) is 55.7 Å². The van der Waals surface area contributed by atoms with Gasteiger partial charge in [0.2, 0.25) is 0 Å². The van der Waals surface area contributed by atoms with Gasteiger partial charge in [-0.15, -0.1) is 0 Å². The molecule has 1 aromatic heterocycles. The van der Waals surface area contributed by atoms with E-state index in [1.54, 1.807) is 19.2 Å². The highest BCUT2D eigenvalue weighted by molar-refractivity contribution is 5.94. The van der Waals surface area contributed by atoms with Crippen LogP contribution in [0.2, 0.25) is 0 Å². The molecule has 0 spiro atoms. The maximum absolute atomic E-state index is 12.2. The minimum absolute atomic E-state index is 0.0310. The van der Waals surface area contributed by atoms with Gasteiger partial charge in [-0.1, -0.05) is 44.7 Å². The summed E-state index contributed by atoms with van der Waals surface area (Å²) in [5.74, 6) is 1.92. The van der Waals surface area contributed by atoms with Crippen LogP contribution in [-0.4, -0.2) is 29.1 Å². The molecule has 0 unspecified atom stereocenters. The number of aromatic nitrogens is 2. The molecule has 0 aliphatic carbocycles. The van der Waals surface area contributed by atoms with Crippen molar-refractivity contribution in [2.24, 2.45) is 0 Å². The molecule has 31 heavy (non-hydrogen) atoms. The van der Waals surface area contributed by atoms with Crippen molar-refractivity contribution >= 4 is 16.9 Å². The number of hydrogen-bond donors (Lipinski definition) is 1. The molecule has 0 radical (unpaired) electrons. The number of amides is 1. The van der Waals surface area contributed by atoms with Gasteiger partial charge in [0.05, 0.1) is 18.1 Å². The van der Waals surface area contributed by atoms with Gasteiger partial charge in [-0.25, -0.2) is 4.98 Å². The molecule has 166 valence electrons. The number of nitrogens with one attached hydrogen (secondary N) is 1. The maximum Gasteiger partial charge on any atom is 0.251 e. The molecular weight excluding hydrogens is 386 g/mol. The zero-order chi connectivity index (χ0) is 21.9. The summed E-state index contributed by atoms with van der Waals surface area (Å²) in [4.78, 5) is 17.1. The number of hydrogen-bond acceptors (Lipinski definition) is 3. The lowest BCUT2D eigenvalue weighted by Crippen LogP contribution is -2.24. The average molecular weight is 422 g/mol. The number of carbonyl (C=O) groups excluding carboxylic acids is 1. The van der Waals surface area contributed by atoms with Crippen molar-refractivity contribution in [2.45, 2.75) is 64.8 Å². The number of methoxy groups -OCH3 is 1. The highest BCUT2D eigenvalue weighted by Gasteiger charge is 2.10. The Morgan fingerprint density at radius 1 is 0.968 bits per heavy atom. The SMILES string of the molecule is CCCCCCn1c(CCCCCNC(=O)c2ccc(OC)cc2)nc2ccccc21. The van der Waals surface area contributed by atoms with Crippen molar-refractivity contribution in [3.63, 3.8) is 0 Å². The van der Waals surface area contributed by atoms with Crippen molar-refractivity contribution in [1.82, 2.24) is 14.9 Å². The average Bonchev–Trinajstić information content (AvgIpc) is 3.16. The molecule has 5 nitrogen and oxygen atoms in total. The van der Waals surface area contributed by atoms with E-state index in [4.69, 9.17) is 9.72 Å². The van der Waals surface area contributed by atoms with Gasteiger partial charge in [0.15, 0.2) is 0 Å². The van der Waals surface area contributed by atoms with E-state index in [0.29, 0.717) is 12.1 Å². The molecule has 0 fully saturated rings. The minimum Gasteiger partial charge on any atom is -0.497 e. The van der Waals surface area contributed by atoms with Crippen molar-refractivity contribution in [1.29, 1.82) is 0 Å². The first-order valence-electron chi connectivity index (χ1n) is 11.6. The number of ether oxygens (including phenoxy) is 1. The first kappa shape index (κ1) is 22.9. The maximum atomic E-state index is 12.2. The van der Waals surface area contributed by atoms with Crippen molar-refractivity contribution in [3.8, 4) is 5.75 Å². The van der Waals surface area contributed by atoms with Gasteiger partial charge in [0.1, 0.15) is 11.6 Å². The Kier molecular flexibility index (Phi) is 8.95. The third-order valence-electron chi connectivity index (χ3n) is 5.68. The molecule has 2 aromatic carbocycles. The van der Waals surface area contributed by atoms with Crippen LogP contribution >= 0.6 is 0 Å². The summed E-state index contributed by atoms with van der Waals surface area (Å²) < 4.78 is 7.55. The molecule has 1 heterocycles. The summed E-state index contributed by atoms with van der Waals surface area (Å²) in [5, 5.41) is 3.01. The molecule has 3 rings (SSSR count). The number of aryl methyl sites for hydroxylation is 2. The largest absolute Gasteiger partial charge is 0.497 e. The second-order valence-corrected chi connectivity index (χ2v) is 8.02. The van der Waals surface area contributed by atoms with E-state index in [1.807, 2.05) is 12.1 Å². The fourth-order valence-electron chi connectivity index (χ4n) is 3.89. The fourth-order valence-corrected chi connectivity index (χ4v) is 3.89. The Bertz CT molecular complexity index is 947. The zero-order valence-electron chi connectivity index (χ0n) is 18.9. The van der Waals surface area contributed by atoms with Gasteiger partial charge in [-0.2, -0.15) is 0 Å². The second-order valence-electron chi connectivity index (χ2n) is 8.02. The lowest BCUT2D eigenvalue weighted by Gasteiger charge is -2.09. The van der Waals surface area contributed by atoms with Gasteiger partial charge in [0.25, 0.3) is 5.91 Å². The summed E-state index contributed by atoms with van der Waals surface area (Å²) in [5.41, 5.74) is 3.01. The lowest BCUT2D eigenvalue weighted by molar-refractivity contribution is 0.0953. The molecule has 0 atom stereocenters. The quantitative estimate of drug-likeness (QED) is 0.357. The Morgan fingerprint density at radius 2 is 1.74 bits per heavy atom. The van der Waals surface area contributed by atoms with Gasteiger partial charge in [-0.3, -0.25) is 4.79 Å². The van der Waals surface area contributed by atoms with Gasteiger partial charge in [0, 0.05) is 25.1 Å². The van der Waals surface area contributed by atoms with E-state index in [-0.39, 0.29) is 5.91 Å². The molecular formula is C26H35N3O2. The number of fused-ring (bicyclic) bond motifs is 1. The highest BCUT2D eigenvalue weighted by atomic mass is 16.5. The van der Waals surface area contributed by atoms with Crippen LogP contribution in [-0.2, 0) is 13.0 Å². The predicted molar refractivity (Wildman–Crippen MR) is 127 cm³/mol.